The molecule has 0 aliphatic rings. The highest BCUT2D eigenvalue weighted by molar-refractivity contribution is 7.51. The first-order chi connectivity index (χ1) is 9.91. The highest BCUT2D eigenvalue weighted by Crippen LogP contribution is 2.47. The van der Waals surface area contributed by atoms with E-state index in [2.05, 4.69) is 0 Å². The van der Waals surface area contributed by atoms with Gasteiger partial charge in [0, 0.05) is 0 Å². The number of rotatable bonds is 11. The van der Waals surface area contributed by atoms with Crippen LogP contribution in [0.5, 0.6) is 0 Å². The molecule has 10 heteroatoms. The van der Waals surface area contributed by atoms with E-state index >= 15 is 0 Å². The van der Waals surface area contributed by atoms with Gasteiger partial charge in [0.15, 0.2) is 0 Å². The second-order valence-corrected chi connectivity index (χ2v) is 8.45. The monoisotopic (exact) mass is 362 g/mol. The van der Waals surface area contributed by atoms with E-state index in [4.69, 9.17) is 29.0 Å². The molecule has 0 fully saturated rings. The topological polar surface area (TPSA) is 134 Å². The van der Waals surface area contributed by atoms with Gasteiger partial charge in [0.1, 0.15) is 12.7 Å². The number of hydrogen-bond acceptors (Lipinski definition) is 4. The highest BCUT2D eigenvalue weighted by Gasteiger charge is 2.50. The fraction of sp³-hybridized carbons (Fsp3) is 1.00. The first-order valence-corrected chi connectivity index (χ1v) is 10.9. The lowest BCUT2D eigenvalue weighted by Gasteiger charge is -2.49. The van der Waals surface area contributed by atoms with Gasteiger partial charge in [0.05, 0.1) is 11.2 Å². The lowest BCUT2D eigenvalue weighted by molar-refractivity contribution is -0.204. The Morgan fingerprint density at radius 1 is 0.682 bits per heavy atom. The molecule has 134 valence electrons. The van der Waals surface area contributed by atoms with E-state index < -0.39 is 39.1 Å². The first kappa shape index (κ1) is 22.2. The van der Waals surface area contributed by atoms with Gasteiger partial charge < -0.3 is 29.0 Å². The van der Waals surface area contributed by atoms with Crippen LogP contribution in [-0.4, -0.2) is 43.5 Å². The molecule has 0 aromatic rings. The average Bonchev–Trinajstić information content (AvgIpc) is 2.41. The molecule has 22 heavy (non-hydrogen) atoms. The Morgan fingerprint density at radius 2 is 0.909 bits per heavy atom. The van der Waals surface area contributed by atoms with Gasteiger partial charge in [-0.15, -0.1) is 0 Å². The van der Waals surface area contributed by atoms with Crippen molar-refractivity contribution in [3.63, 3.8) is 0 Å². The zero-order chi connectivity index (χ0) is 17.7. The summed E-state index contributed by atoms with van der Waals surface area (Å²) in [6, 6.07) is 0. The van der Waals surface area contributed by atoms with Crippen molar-refractivity contribution >= 4 is 15.2 Å². The lowest BCUT2D eigenvalue weighted by Crippen LogP contribution is -2.56. The van der Waals surface area contributed by atoms with Crippen molar-refractivity contribution in [2.75, 3.05) is 12.7 Å². The maximum absolute atomic E-state index is 11.1. The molecule has 0 amide bonds. The van der Waals surface area contributed by atoms with Crippen LogP contribution in [-0.2, 0) is 18.6 Å². The van der Waals surface area contributed by atoms with Crippen molar-refractivity contribution in [3.05, 3.63) is 0 Å². The third kappa shape index (κ3) is 6.02. The Kier molecular flexibility index (Phi) is 8.44. The fourth-order valence-corrected chi connectivity index (χ4v) is 3.71. The molecule has 0 spiro atoms. The van der Waals surface area contributed by atoms with E-state index in [0.717, 1.165) is 0 Å². The van der Waals surface area contributed by atoms with Crippen molar-refractivity contribution in [1.82, 2.24) is 0 Å². The first-order valence-electron chi connectivity index (χ1n) is 7.28. The van der Waals surface area contributed by atoms with Crippen molar-refractivity contribution in [3.8, 4) is 0 Å². The summed E-state index contributed by atoms with van der Waals surface area (Å²) in [5.74, 6) is 0. The van der Waals surface area contributed by atoms with Crippen LogP contribution >= 0.6 is 15.2 Å². The van der Waals surface area contributed by atoms with Crippen LogP contribution < -0.4 is 0 Å². The molecule has 0 unspecified atom stereocenters. The van der Waals surface area contributed by atoms with Gasteiger partial charge in [0.25, 0.3) is 0 Å². The molecule has 0 saturated carbocycles. The van der Waals surface area contributed by atoms with Crippen LogP contribution in [0.4, 0.5) is 0 Å². The Bertz CT molecular complexity index is 379. The number of hydrogen-bond donors (Lipinski definition) is 4. The molecule has 0 aromatic carbocycles. The summed E-state index contributed by atoms with van der Waals surface area (Å²) in [7, 11) is -8.72. The molecule has 0 heterocycles. The molecule has 4 N–H and O–H groups in total. The van der Waals surface area contributed by atoms with Crippen molar-refractivity contribution in [1.29, 1.82) is 0 Å². The quantitative estimate of drug-likeness (QED) is 0.412. The predicted molar refractivity (Wildman–Crippen MR) is 82.6 cm³/mol. The SMILES string of the molecule is CCC(CC)(OCP(=O)(O)O)C(CC)(CC)OCP(=O)(O)O. The Balaban J connectivity index is 5.57. The molecule has 0 rings (SSSR count). The van der Waals surface area contributed by atoms with Gasteiger partial charge in [-0.05, 0) is 25.7 Å². The Labute approximate surface area is 131 Å². The summed E-state index contributed by atoms with van der Waals surface area (Å²) in [5.41, 5.74) is -2.07. The molecular weight excluding hydrogens is 334 g/mol. The smallest absolute Gasteiger partial charge is 0.351 e. The van der Waals surface area contributed by atoms with Crippen molar-refractivity contribution in [2.24, 2.45) is 0 Å². The summed E-state index contributed by atoms with van der Waals surface area (Å²) in [6.07, 6.45) is 0.0722. The lowest BCUT2D eigenvalue weighted by atomic mass is 9.74. The van der Waals surface area contributed by atoms with E-state index in [1.54, 1.807) is 27.7 Å². The van der Waals surface area contributed by atoms with Gasteiger partial charge in [0.2, 0.25) is 0 Å². The molecule has 0 saturated heterocycles. The maximum Gasteiger partial charge on any atom is 0.351 e. The van der Waals surface area contributed by atoms with Crippen LogP contribution in [0.1, 0.15) is 53.4 Å². The predicted octanol–water partition coefficient (Wildman–Crippen LogP) is 2.41. The van der Waals surface area contributed by atoms with Gasteiger partial charge in [-0.25, -0.2) is 0 Å². The molecule has 0 bridgehead atoms. The molecule has 0 aliphatic carbocycles. The third-order valence-electron chi connectivity index (χ3n) is 4.13. The standard InChI is InChI=1S/C12H28O8P2/c1-5-11(6-2,19-9-21(13,14)15)12(7-3,8-4)20-10-22(16,17)18/h5-10H2,1-4H3,(H2,13,14,15)(H2,16,17,18). The van der Waals surface area contributed by atoms with E-state index in [0.29, 0.717) is 25.7 Å². The molecular formula is C12H28O8P2. The zero-order valence-electron chi connectivity index (χ0n) is 13.6. The van der Waals surface area contributed by atoms with Gasteiger partial charge in [-0.2, -0.15) is 0 Å². The van der Waals surface area contributed by atoms with Crippen LogP contribution in [0.3, 0.4) is 0 Å². The summed E-state index contributed by atoms with van der Waals surface area (Å²) >= 11 is 0. The van der Waals surface area contributed by atoms with E-state index in [-0.39, 0.29) is 0 Å². The molecule has 8 nitrogen and oxygen atoms in total. The van der Waals surface area contributed by atoms with Crippen LogP contribution in [0.25, 0.3) is 0 Å². The van der Waals surface area contributed by atoms with Crippen molar-refractivity contribution < 1.29 is 38.2 Å². The summed E-state index contributed by atoms with van der Waals surface area (Å²) in [4.78, 5) is 36.3. The third-order valence-corrected chi connectivity index (χ3v) is 5.06. The zero-order valence-corrected chi connectivity index (χ0v) is 15.3. The van der Waals surface area contributed by atoms with Crippen molar-refractivity contribution in [2.45, 2.75) is 64.6 Å². The largest absolute Gasteiger partial charge is 0.359 e. The second-order valence-electron chi connectivity index (χ2n) is 5.28. The molecule has 0 aliphatic heterocycles. The highest BCUT2D eigenvalue weighted by atomic mass is 31.2. The summed E-state index contributed by atoms with van der Waals surface area (Å²) < 4.78 is 33.4. The average molecular weight is 362 g/mol. The minimum atomic E-state index is -4.36. The Morgan fingerprint density at radius 3 is 1.05 bits per heavy atom. The van der Waals surface area contributed by atoms with E-state index in [9.17, 15) is 9.13 Å². The van der Waals surface area contributed by atoms with Gasteiger partial charge >= 0.3 is 15.2 Å². The minimum Gasteiger partial charge on any atom is -0.359 e. The normalized spacial score (nSPS) is 14.4. The van der Waals surface area contributed by atoms with Gasteiger partial charge in [-0.1, -0.05) is 27.7 Å². The Hall–Kier alpha value is 0.220. The summed E-state index contributed by atoms with van der Waals surface area (Å²) in [5, 5.41) is 0. The summed E-state index contributed by atoms with van der Waals surface area (Å²) in [6.45, 7) is 7.18. The fourth-order valence-electron chi connectivity index (χ4n) is 2.88. The minimum absolute atomic E-state index is 0.395. The van der Waals surface area contributed by atoms with E-state index in [1.165, 1.54) is 0 Å². The maximum atomic E-state index is 11.1. The van der Waals surface area contributed by atoms with Gasteiger partial charge in [-0.3, -0.25) is 9.13 Å². The number of ether oxygens (including phenoxy) is 2. The van der Waals surface area contributed by atoms with E-state index in [1.807, 2.05) is 0 Å². The van der Waals surface area contributed by atoms with Crippen LogP contribution in [0.15, 0.2) is 0 Å². The molecule has 0 atom stereocenters. The molecule has 0 aromatic heterocycles. The van der Waals surface area contributed by atoms with Crippen LogP contribution in [0.2, 0.25) is 0 Å². The second kappa shape index (κ2) is 8.36. The molecule has 0 radical (unpaired) electrons. The van der Waals surface area contributed by atoms with Crippen LogP contribution in [0, 0.1) is 0 Å².